The molecule has 1 aromatic heterocycles. The first kappa shape index (κ1) is 16.2. The topological polar surface area (TPSA) is 55.2 Å². The lowest BCUT2D eigenvalue weighted by Crippen LogP contribution is -2.27. The van der Waals surface area contributed by atoms with Gasteiger partial charge in [0.15, 0.2) is 0 Å². The van der Waals surface area contributed by atoms with E-state index in [1.807, 2.05) is 10.7 Å². The van der Waals surface area contributed by atoms with E-state index in [1.165, 1.54) is 9.71 Å². The van der Waals surface area contributed by atoms with Gasteiger partial charge in [-0.15, -0.1) is 0 Å². The van der Waals surface area contributed by atoms with E-state index in [9.17, 15) is 8.42 Å². The summed E-state index contributed by atoms with van der Waals surface area (Å²) in [6.45, 7) is 11.5. The van der Waals surface area contributed by atoms with E-state index in [0.29, 0.717) is 19.0 Å². The summed E-state index contributed by atoms with van der Waals surface area (Å²) < 4.78 is 27.1. The molecule has 21 heavy (non-hydrogen) atoms. The molecule has 2 rings (SSSR count). The normalized spacial score (nSPS) is 18.8. The molecule has 0 atom stereocenters. The van der Waals surface area contributed by atoms with Crippen LogP contribution in [0, 0.1) is 5.92 Å². The SMILES string of the molecule is CC(C)Cc1cc(CN2CC=CS2(=O)=O)nn1C(C)(C)C. The van der Waals surface area contributed by atoms with E-state index in [4.69, 9.17) is 0 Å². The van der Waals surface area contributed by atoms with Crippen molar-refractivity contribution in [3.8, 4) is 0 Å². The number of hydrogen-bond acceptors (Lipinski definition) is 3. The van der Waals surface area contributed by atoms with Crippen LogP contribution in [0.15, 0.2) is 17.6 Å². The maximum absolute atomic E-state index is 11.8. The second-order valence-electron chi connectivity index (χ2n) is 7.02. The maximum Gasteiger partial charge on any atom is 0.236 e. The van der Waals surface area contributed by atoms with Crippen LogP contribution in [0.4, 0.5) is 0 Å². The van der Waals surface area contributed by atoms with E-state index in [-0.39, 0.29) is 5.54 Å². The number of rotatable bonds is 4. The van der Waals surface area contributed by atoms with Crippen molar-refractivity contribution in [3.05, 3.63) is 28.9 Å². The summed E-state index contributed by atoms with van der Waals surface area (Å²) in [4.78, 5) is 0. The zero-order chi connectivity index (χ0) is 15.8. The molecule has 0 amide bonds. The summed E-state index contributed by atoms with van der Waals surface area (Å²) in [6, 6.07) is 2.04. The average Bonchev–Trinajstić information content (AvgIpc) is 2.82. The van der Waals surface area contributed by atoms with E-state index >= 15 is 0 Å². The van der Waals surface area contributed by atoms with Crippen LogP contribution in [0.25, 0.3) is 0 Å². The predicted octanol–water partition coefficient (Wildman–Crippen LogP) is 2.50. The number of aromatic nitrogens is 2. The van der Waals surface area contributed by atoms with Gasteiger partial charge in [0.25, 0.3) is 0 Å². The summed E-state index contributed by atoms with van der Waals surface area (Å²) >= 11 is 0. The first-order chi connectivity index (χ1) is 9.59. The molecule has 0 unspecified atom stereocenters. The molecule has 118 valence electrons. The molecule has 2 heterocycles. The molecule has 0 saturated carbocycles. The van der Waals surface area contributed by atoms with Gasteiger partial charge in [0.05, 0.1) is 17.8 Å². The van der Waals surface area contributed by atoms with Gasteiger partial charge in [-0.3, -0.25) is 4.68 Å². The van der Waals surface area contributed by atoms with Gasteiger partial charge in [0, 0.05) is 17.6 Å². The van der Waals surface area contributed by atoms with Gasteiger partial charge < -0.3 is 0 Å². The molecule has 0 fully saturated rings. The van der Waals surface area contributed by atoms with Crippen molar-refractivity contribution in [1.29, 1.82) is 0 Å². The molecule has 0 aliphatic carbocycles. The highest BCUT2D eigenvalue weighted by Gasteiger charge is 2.26. The Morgan fingerprint density at radius 1 is 1.33 bits per heavy atom. The van der Waals surface area contributed by atoms with Gasteiger partial charge in [-0.2, -0.15) is 9.40 Å². The van der Waals surface area contributed by atoms with Crippen molar-refractivity contribution in [1.82, 2.24) is 14.1 Å². The van der Waals surface area contributed by atoms with Crippen LogP contribution in [0.3, 0.4) is 0 Å². The zero-order valence-electron chi connectivity index (χ0n) is 13.5. The Morgan fingerprint density at radius 3 is 2.48 bits per heavy atom. The quantitative estimate of drug-likeness (QED) is 0.858. The maximum atomic E-state index is 11.8. The van der Waals surface area contributed by atoms with Crippen LogP contribution in [-0.2, 0) is 28.5 Å². The lowest BCUT2D eigenvalue weighted by molar-refractivity contribution is 0.333. The fraction of sp³-hybridized carbons (Fsp3) is 0.667. The Labute approximate surface area is 127 Å². The average molecular weight is 311 g/mol. The molecule has 0 N–H and O–H groups in total. The fourth-order valence-electron chi connectivity index (χ4n) is 2.50. The Hall–Kier alpha value is -1.14. The molecular weight excluding hydrogens is 286 g/mol. The third-order valence-electron chi connectivity index (χ3n) is 3.36. The second kappa shape index (κ2) is 5.57. The molecule has 1 aliphatic rings. The standard InChI is InChI=1S/C15H25N3O2S/c1-12(2)9-14-10-13(16-18(14)15(3,4)5)11-17-7-6-8-21(17,19)20/h6,8,10,12H,7,9,11H2,1-5H3. The first-order valence-corrected chi connectivity index (χ1v) is 8.85. The van der Waals surface area contributed by atoms with E-state index in [0.717, 1.165) is 17.8 Å². The van der Waals surface area contributed by atoms with Crippen LogP contribution in [0.5, 0.6) is 0 Å². The highest BCUT2D eigenvalue weighted by molar-refractivity contribution is 7.92. The molecule has 0 saturated heterocycles. The van der Waals surface area contributed by atoms with Gasteiger partial charge in [-0.05, 0) is 39.2 Å². The van der Waals surface area contributed by atoms with Crippen molar-refractivity contribution in [3.63, 3.8) is 0 Å². The molecular formula is C15H25N3O2S. The summed E-state index contributed by atoms with van der Waals surface area (Å²) in [6.07, 6.45) is 2.61. The van der Waals surface area contributed by atoms with Crippen LogP contribution in [-0.4, -0.2) is 29.0 Å². The largest absolute Gasteiger partial charge is 0.264 e. The van der Waals surface area contributed by atoms with Crippen LogP contribution >= 0.6 is 0 Å². The monoisotopic (exact) mass is 311 g/mol. The van der Waals surface area contributed by atoms with Crippen molar-refractivity contribution in [2.45, 2.75) is 53.1 Å². The predicted molar refractivity (Wildman–Crippen MR) is 84.2 cm³/mol. The van der Waals surface area contributed by atoms with Crippen LogP contribution in [0.1, 0.15) is 46.0 Å². The third-order valence-corrected chi connectivity index (χ3v) is 4.90. The molecule has 6 heteroatoms. The molecule has 1 aliphatic heterocycles. The van der Waals surface area contributed by atoms with Gasteiger partial charge >= 0.3 is 0 Å². The Balaban J connectivity index is 2.27. The lowest BCUT2D eigenvalue weighted by Gasteiger charge is -2.23. The van der Waals surface area contributed by atoms with Gasteiger partial charge in [-0.1, -0.05) is 19.9 Å². The van der Waals surface area contributed by atoms with Crippen LogP contribution < -0.4 is 0 Å². The van der Waals surface area contributed by atoms with Gasteiger partial charge in [0.1, 0.15) is 0 Å². The molecule has 0 aromatic carbocycles. The van der Waals surface area contributed by atoms with Crippen molar-refractivity contribution in [2.24, 2.45) is 5.92 Å². The van der Waals surface area contributed by atoms with Gasteiger partial charge in [0.2, 0.25) is 10.0 Å². The summed E-state index contributed by atoms with van der Waals surface area (Å²) in [7, 11) is -3.24. The highest BCUT2D eigenvalue weighted by atomic mass is 32.2. The third kappa shape index (κ3) is 3.74. The molecule has 0 bridgehead atoms. The van der Waals surface area contributed by atoms with E-state index in [1.54, 1.807) is 6.08 Å². The number of sulfonamides is 1. The van der Waals surface area contributed by atoms with Gasteiger partial charge in [-0.25, -0.2) is 8.42 Å². The number of nitrogens with zero attached hydrogens (tertiary/aromatic N) is 3. The minimum absolute atomic E-state index is 0.107. The lowest BCUT2D eigenvalue weighted by atomic mass is 10.0. The van der Waals surface area contributed by atoms with Crippen molar-refractivity contribution in [2.75, 3.05) is 6.54 Å². The minimum Gasteiger partial charge on any atom is -0.264 e. The Morgan fingerprint density at radius 2 is 2.00 bits per heavy atom. The van der Waals surface area contributed by atoms with Crippen molar-refractivity contribution >= 4 is 10.0 Å². The second-order valence-corrected chi connectivity index (χ2v) is 8.84. The zero-order valence-corrected chi connectivity index (χ0v) is 14.3. The summed E-state index contributed by atoms with van der Waals surface area (Å²) in [5, 5.41) is 5.91. The highest BCUT2D eigenvalue weighted by Crippen LogP contribution is 2.22. The molecule has 1 aromatic rings. The fourth-order valence-corrected chi connectivity index (χ4v) is 3.61. The van der Waals surface area contributed by atoms with Crippen molar-refractivity contribution < 1.29 is 8.42 Å². The minimum atomic E-state index is -3.24. The summed E-state index contributed by atoms with van der Waals surface area (Å²) in [5.41, 5.74) is 1.87. The number of hydrogen-bond donors (Lipinski definition) is 0. The Kier molecular flexibility index (Phi) is 4.31. The van der Waals surface area contributed by atoms with E-state index in [2.05, 4.69) is 39.7 Å². The molecule has 0 radical (unpaired) electrons. The van der Waals surface area contributed by atoms with E-state index < -0.39 is 10.0 Å². The summed E-state index contributed by atoms with van der Waals surface area (Å²) in [5.74, 6) is 0.535. The van der Waals surface area contributed by atoms with Crippen LogP contribution in [0.2, 0.25) is 0 Å². The smallest absolute Gasteiger partial charge is 0.236 e. The molecule has 5 nitrogen and oxygen atoms in total. The molecule has 0 spiro atoms. The first-order valence-electron chi connectivity index (χ1n) is 7.34. The Bertz CT molecular complexity index is 636.